The zero-order chi connectivity index (χ0) is 16.7. The van der Waals surface area contributed by atoms with Crippen LogP contribution in [0, 0.1) is 0 Å². The van der Waals surface area contributed by atoms with Crippen molar-refractivity contribution < 1.29 is 4.79 Å². The predicted octanol–water partition coefficient (Wildman–Crippen LogP) is 3.64. The van der Waals surface area contributed by atoms with E-state index in [1.807, 2.05) is 37.3 Å². The second-order valence-electron chi connectivity index (χ2n) is 5.69. The largest absolute Gasteiger partial charge is 0.353 e. The van der Waals surface area contributed by atoms with E-state index in [0.717, 1.165) is 25.3 Å². The van der Waals surface area contributed by atoms with Crippen LogP contribution in [0.15, 0.2) is 48.7 Å². The number of benzene rings is 1. The number of nitrogens with one attached hydrogen (secondary N) is 1. The Kier molecular flexibility index (Phi) is 6.15. The molecule has 1 amide bonds. The number of hydrogen-bond acceptors (Lipinski definition) is 3. The lowest BCUT2D eigenvalue weighted by molar-refractivity contribution is 0.0939. The molecular weight excluding hydrogens is 286 g/mol. The highest BCUT2D eigenvalue weighted by atomic mass is 16.1. The zero-order valence-corrected chi connectivity index (χ0v) is 14.1. The van der Waals surface area contributed by atoms with Crippen LogP contribution in [0.4, 0.5) is 5.82 Å². The lowest BCUT2D eigenvalue weighted by Gasteiger charge is -2.22. The van der Waals surface area contributed by atoms with Crippen molar-refractivity contribution >= 4 is 11.7 Å². The molecule has 0 aliphatic heterocycles. The summed E-state index contributed by atoms with van der Waals surface area (Å²) in [5.41, 5.74) is 1.85. The first-order valence-electron chi connectivity index (χ1n) is 8.19. The van der Waals surface area contributed by atoms with Gasteiger partial charge in [0.1, 0.15) is 5.82 Å². The molecule has 0 radical (unpaired) electrons. The number of anilines is 1. The lowest BCUT2D eigenvalue weighted by atomic mass is 10.2. The second-order valence-corrected chi connectivity index (χ2v) is 5.69. The van der Waals surface area contributed by atoms with Crippen molar-refractivity contribution in [1.82, 2.24) is 10.3 Å². The first kappa shape index (κ1) is 17.0. The maximum atomic E-state index is 12.1. The van der Waals surface area contributed by atoms with Crippen LogP contribution in [0.25, 0.3) is 0 Å². The third-order valence-corrected chi connectivity index (χ3v) is 3.92. The summed E-state index contributed by atoms with van der Waals surface area (Å²) in [4.78, 5) is 18.7. The molecule has 2 rings (SSSR count). The summed E-state index contributed by atoms with van der Waals surface area (Å²) in [5, 5.41) is 2.96. The number of aromatic nitrogens is 1. The topological polar surface area (TPSA) is 45.2 Å². The smallest absolute Gasteiger partial charge is 0.253 e. The van der Waals surface area contributed by atoms with Crippen LogP contribution in [0.3, 0.4) is 0 Å². The van der Waals surface area contributed by atoms with Crippen LogP contribution >= 0.6 is 0 Å². The standard InChI is InChI=1S/C19H25N3O/c1-4-15(3)21-19(23)17-11-12-18(20-13-17)22(5-2)14-16-9-7-6-8-10-16/h6-13,15H,4-5,14H2,1-3H3,(H,21,23). The Labute approximate surface area is 138 Å². The Hall–Kier alpha value is -2.36. The fraction of sp³-hybridized carbons (Fsp3) is 0.368. The van der Waals surface area contributed by atoms with Gasteiger partial charge >= 0.3 is 0 Å². The Morgan fingerprint density at radius 3 is 2.48 bits per heavy atom. The summed E-state index contributed by atoms with van der Waals surface area (Å²) in [7, 11) is 0. The highest BCUT2D eigenvalue weighted by Crippen LogP contribution is 2.15. The minimum absolute atomic E-state index is 0.0653. The maximum absolute atomic E-state index is 12.1. The van der Waals surface area contributed by atoms with Crippen molar-refractivity contribution in [2.24, 2.45) is 0 Å². The second kappa shape index (κ2) is 8.32. The van der Waals surface area contributed by atoms with Crippen molar-refractivity contribution in [2.45, 2.75) is 39.8 Å². The van der Waals surface area contributed by atoms with Crippen LogP contribution in [-0.2, 0) is 6.54 Å². The minimum atomic E-state index is -0.0653. The fourth-order valence-electron chi connectivity index (χ4n) is 2.28. The van der Waals surface area contributed by atoms with Gasteiger partial charge in [0.25, 0.3) is 5.91 Å². The summed E-state index contributed by atoms with van der Waals surface area (Å²) < 4.78 is 0. The van der Waals surface area contributed by atoms with E-state index in [0.29, 0.717) is 5.56 Å². The molecule has 1 atom stereocenters. The Bertz CT molecular complexity index is 610. The molecule has 1 N–H and O–H groups in total. The molecule has 0 spiro atoms. The molecule has 4 nitrogen and oxygen atoms in total. The van der Waals surface area contributed by atoms with Gasteiger partial charge in [-0.2, -0.15) is 0 Å². The van der Waals surface area contributed by atoms with Gasteiger partial charge in [-0.1, -0.05) is 37.3 Å². The number of carbonyl (C=O) groups is 1. The van der Waals surface area contributed by atoms with Gasteiger partial charge in [0, 0.05) is 25.3 Å². The van der Waals surface area contributed by atoms with Gasteiger partial charge in [0.05, 0.1) is 5.56 Å². The molecule has 0 bridgehead atoms. The van der Waals surface area contributed by atoms with E-state index in [9.17, 15) is 4.79 Å². The van der Waals surface area contributed by atoms with Crippen molar-refractivity contribution in [1.29, 1.82) is 0 Å². The number of pyridine rings is 1. The average Bonchev–Trinajstić information content (AvgIpc) is 2.60. The van der Waals surface area contributed by atoms with Gasteiger partial charge in [0.2, 0.25) is 0 Å². The van der Waals surface area contributed by atoms with Crippen LogP contribution in [0.5, 0.6) is 0 Å². The molecule has 122 valence electrons. The Balaban J connectivity index is 2.06. The minimum Gasteiger partial charge on any atom is -0.353 e. The Morgan fingerprint density at radius 2 is 1.91 bits per heavy atom. The van der Waals surface area contributed by atoms with Gasteiger partial charge in [-0.05, 0) is 38.0 Å². The molecule has 0 fully saturated rings. The SMILES string of the molecule is CCC(C)NC(=O)c1ccc(N(CC)Cc2ccccc2)nc1. The van der Waals surface area contributed by atoms with Crippen LogP contribution in [0.2, 0.25) is 0 Å². The van der Waals surface area contributed by atoms with E-state index >= 15 is 0 Å². The van der Waals surface area contributed by atoms with Gasteiger partial charge in [-0.3, -0.25) is 4.79 Å². The molecule has 2 aromatic rings. The number of rotatable bonds is 7. The van der Waals surface area contributed by atoms with Gasteiger partial charge in [-0.15, -0.1) is 0 Å². The highest BCUT2D eigenvalue weighted by molar-refractivity contribution is 5.94. The molecule has 0 saturated heterocycles. The normalized spacial score (nSPS) is 11.8. The molecule has 0 saturated carbocycles. The molecule has 4 heteroatoms. The molecule has 1 aromatic carbocycles. The lowest BCUT2D eigenvalue weighted by Crippen LogP contribution is -2.32. The predicted molar refractivity (Wildman–Crippen MR) is 94.6 cm³/mol. The molecule has 1 heterocycles. The van der Waals surface area contributed by atoms with Gasteiger partial charge < -0.3 is 10.2 Å². The fourth-order valence-corrected chi connectivity index (χ4v) is 2.28. The van der Waals surface area contributed by atoms with E-state index in [2.05, 4.69) is 41.2 Å². The van der Waals surface area contributed by atoms with E-state index in [1.165, 1.54) is 5.56 Å². The quantitative estimate of drug-likeness (QED) is 0.849. The summed E-state index contributed by atoms with van der Waals surface area (Å²) >= 11 is 0. The molecular formula is C19H25N3O. The summed E-state index contributed by atoms with van der Waals surface area (Å²) in [6, 6.07) is 14.2. The summed E-state index contributed by atoms with van der Waals surface area (Å²) in [6.45, 7) is 7.82. The maximum Gasteiger partial charge on any atom is 0.253 e. The number of nitrogens with zero attached hydrogens (tertiary/aromatic N) is 2. The molecule has 1 aromatic heterocycles. The van der Waals surface area contributed by atoms with Crippen LogP contribution < -0.4 is 10.2 Å². The third kappa shape index (κ3) is 4.81. The summed E-state index contributed by atoms with van der Waals surface area (Å²) in [5.74, 6) is 0.820. The van der Waals surface area contributed by atoms with Crippen LogP contribution in [0.1, 0.15) is 43.1 Å². The molecule has 0 aliphatic carbocycles. The Morgan fingerprint density at radius 1 is 1.17 bits per heavy atom. The monoisotopic (exact) mass is 311 g/mol. The number of carbonyl (C=O) groups excluding carboxylic acids is 1. The van der Waals surface area contributed by atoms with Crippen molar-refractivity contribution in [3.8, 4) is 0 Å². The zero-order valence-electron chi connectivity index (χ0n) is 14.1. The molecule has 0 aliphatic rings. The van der Waals surface area contributed by atoms with E-state index in [4.69, 9.17) is 0 Å². The van der Waals surface area contributed by atoms with Crippen molar-refractivity contribution in [3.63, 3.8) is 0 Å². The molecule has 23 heavy (non-hydrogen) atoms. The van der Waals surface area contributed by atoms with E-state index < -0.39 is 0 Å². The third-order valence-electron chi connectivity index (χ3n) is 3.92. The van der Waals surface area contributed by atoms with Gasteiger partial charge in [0.15, 0.2) is 0 Å². The van der Waals surface area contributed by atoms with Crippen molar-refractivity contribution in [2.75, 3.05) is 11.4 Å². The highest BCUT2D eigenvalue weighted by Gasteiger charge is 2.11. The van der Waals surface area contributed by atoms with E-state index in [-0.39, 0.29) is 11.9 Å². The number of amides is 1. The number of hydrogen-bond donors (Lipinski definition) is 1. The van der Waals surface area contributed by atoms with Crippen molar-refractivity contribution in [3.05, 3.63) is 59.8 Å². The van der Waals surface area contributed by atoms with Gasteiger partial charge in [-0.25, -0.2) is 4.98 Å². The summed E-state index contributed by atoms with van der Waals surface area (Å²) in [6.07, 6.45) is 2.57. The first-order chi connectivity index (χ1) is 11.1. The van der Waals surface area contributed by atoms with E-state index in [1.54, 1.807) is 6.20 Å². The molecule has 1 unspecified atom stereocenters. The van der Waals surface area contributed by atoms with Crippen LogP contribution in [-0.4, -0.2) is 23.5 Å². The first-order valence-corrected chi connectivity index (χ1v) is 8.19. The average molecular weight is 311 g/mol.